The van der Waals surface area contributed by atoms with Gasteiger partial charge in [0.2, 0.25) is 0 Å². The summed E-state index contributed by atoms with van der Waals surface area (Å²) in [6.07, 6.45) is -3.47. The van der Waals surface area contributed by atoms with E-state index in [9.17, 15) is 22.4 Å². The Morgan fingerprint density at radius 2 is 1.58 bits per heavy atom. The van der Waals surface area contributed by atoms with Crippen molar-refractivity contribution in [3.63, 3.8) is 0 Å². The highest BCUT2D eigenvalue weighted by molar-refractivity contribution is 5.83. The maximum Gasteiger partial charge on any atom is 0.383 e. The molecule has 0 unspecified atom stereocenters. The number of alkyl halides is 4. The van der Waals surface area contributed by atoms with Gasteiger partial charge in [0.05, 0.1) is 0 Å². The summed E-state index contributed by atoms with van der Waals surface area (Å²) in [7, 11) is 0. The Bertz CT molecular complexity index is 270. The predicted octanol–water partition coefficient (Wildman–Crippen LogP) is 2.47. The second-order valence-electron chi connectivity index (χ2n) is 4.19. The van der Waals surface area contributed by atoms with E-state index >= 15 is 0 Å². The lowest BCUT2D eigenvalue weighted by molar-refractivity contribution is -0.180. The van der Waals surface area contributed by atoms with Crippen molar-refractivity contribution in [2.24, 2.45) is 0 Å². The normalized spacial score (nSPS) is 12.3. The van der Waals surface area contributed by atoms with Gasteiger partial charge in [-0.15, -0.1) is 0 Å². The third-order valence-corrected chi connectivity index (χ3v) is 3.02. The molecule has 0 aromatic carbocycles. The van der Waals surface area contributed by atoms with Crippen LogP contribution in [0.15, 0.2) is 0 Å². The first-order valence-corrected chi connectivity index (χ1v) is 6.48. The number of rotatable bonds is 9. The SMILES string of the molecule is CCN(CC)CCCN(CC)C(=O)C(F)(F)C(F)F. The maximum atomic E-state index is 12.9. The maximum absolute atomic E-state index is 12.9. The van der Waals surface area contributed by atoms with E-state index in [1.54, 1.807) is 0 Å². The summed E-state index contributed by atoms with van der Waals surface area (Å²) in [5.74, 6) is -6.38. The summed E-state index contributed by atoms with van der Waals surface area (Å²) in [5, 5.41) is 0. The summed E-state index contributed by atoms with van der Waals surface area (Å²) >= 11 is 0. The molecule has 0 saturated heterocycles. The van der Waals surface area contributed by atoms with E-state index in [2.05, 4.69) is 4.90 Å². The molecule has 7 heteroatoms. The van der Waals surface area contributed by atoms with Crippen LogP contribution in [0, 0.1) is 0 Å². The van der Waals surface area contributed by atoms with Crippen LogP contribution < -0.4 is 0 Å². The molecule has 0 saturated carbocycles. The third kappa shape index (κ3) is 5.34. The summed E-state index contributed by atoms with van der Waals surface area (Å²) in [6.45, 7) is 7.79. The van der Waals surface area contributed by atoms with Crippen LogP contribution in [0.2, 0.25) is 0 Å². The Balaban J connectivity index is 4.39. The summed E-state index contributed by atoms with van der Waals surface area (Å²) in [4.78, 5) is 14.2. The van der Waals surface area contributed by atoms with Crippen molar-refractivity contribution in [3.8, 4) is 0 Å². The van der Waals surface area contributed by atoms with Crippen LogP contribution in [0.5, 0.6) is 0 Å². The standard InChI is InChI=1S/C12H22F4N2O/c1-4-17(5-2)8-7-9-18(6-3)11(19)12(15,16)10(13)14/h10H,4-9H2,1-3H3. The Morgan fingerprint density at radius 3 is 1.95 bits per heavy atom. The van der Waals surface area contributed by atoms with E-state index in [0.717, 1.165) is 18.0 Å². The molecule has 1 amide bonds. The van der Waals surface area contributed by atoms with E-state index in [0.29, 0.717) is 13.0 Å². The molecule has 114 valence electrons. The minimum Gasteiger partial charge on any atom is -0.338 e. The molecule has 0 atom stereocenters. The highest BCUT2D eigenvalue weighted by Crippen LogP contribution is 2.25. The van der Waals surface area contributed by atoms with Crippen molar-refractivity contribution < 1.29 is 22.4 Å². The topological polar surface area (TPSA) is 23.6 Å². The number of halogens is 4. The molecule has 19 heavy (non-hydrogen) atoms. The number of hydrogen-bond donors (Lipinski definition) is 0. The smallest absolute Gasteiger partial charge is 0.338 e. The fourth-order valence-electron chi connectivity index (χ4n) is 1.73. The molecule has 0 aromatic heterocycles. The van der Waals surface area contributed by atoms with Crippen molar-refractivity contribution >= 4 is 5.91 Å². The Kier molecular flexibility index (Phi) is 7.97. The molecule has 0 radical (unpaired) electrons. The average molecular weight is 286 g/mol. The van der Waals surface area contributed by atoms with Gasteiger partial charge in [0.25, 0.3) is 5.91 Å². The van der Waals surface area contributed by atoms with Crippen molar-refractivity contribution in [1.29, 1.82) is 0 Å². The van der Waals surface area contributed by atoms with Gasteiger partial charge in [-0.3, -0.25) is 4.79 Å². The van der Waals surface area contributed by atoms with E-state index < -0.39 is 18.3 Å². The minimum atomic E-state index is -4.59. The van der Waals surface area contributed by atoms with Crippen LogP contribution in [-0.2, 0) is 4.79 Å². The number of carbonyl (C=O) groups is 1. The lowest BCUT2D eigenvalue weighted by Gasteiger charge is -2.26. The molecule has 0 aliphatic heterocycles. The van der Waals surface area contributed by atoms with Gasteiger partial charge in [-0.2, -0.15) is 8.78 Å². The van der Waals surface area contributed by atoms with Gasteiger partial charge in [0, 0.05) is 13.1 Å². The van der Waals surface area contributed by atoms with Gasteiger partial charge in [0.1, 0.15) is 0 Å². The van der Waals surface area contributed by atoms with E-state index in [1.165, 1.54) is 6.92 Å². The molecule has 0 spiro atoms. The van der Waals surface area contributed by atoms with Crippen LogP contribution in [0.4, 0.5) is 17.6 Å². The molecule has 0 aliphatic rings. The summed E-state index contributed by atoms with van der Waals surface area (Å²) < 4.78 is 50.1. The molecular weight excluding hydrogens is 264 g/mol. The fourth-order valence-corrected chi connectivity index (χ4v) is 1.73. The second kappa shape index (κ2) is 8.35. The van der Waals surface area contributed by atoms with Crippen LogP contribution in [0.25, 0.3) is 0 Å². The molecular formula is C12H22F4N2O. The number of nitrogens with zero attached hydrogens (tertiary/aromatic N) is 2. The van der Waals surface area contributed by atoms with E-state index in [4.69, 9.17) is 0 Å². The van der Waals surface area contributed by atoms with Crippen LogP contribution in [0.3, 0.4) is 0 Å². The monoisotopic (exact) mass is 286 g/mol. The first kappa shape index (κ1) is 18.1. The van der Waals surface area contributed by atoms with Crippen molar-refractivity contribution in [2.45, 2.75) is 39.5 Å². The number of hydrogen-bond acceptors (Lipinski definition) is 2. The first-order chi connectivity index (χ1) is 8.81. The number of amides is 1. The quantitative estimate of drug-likeness (QED) is 0.608. The molecule has 0 bridgehead atoms. The van der Waals surface area contributed by atoms with Gasteiger partial charge in [0.15, 0.2) is 0 Å². The molecule has 0 N–H and O–H groups in total. The van der Waals surface area contributed by atoms with E-state index in [1.807, 2.05) is 13.8 Å². The van der Waals surface area contributed by atoms with Gasteiger partial charge < -0.3 is 9.80 Å². The van der Waals surface area contributed by atoms with Crippen LogP contribution in [0.1, 0.15) is 27.2 Å². The minimum absolute atomic E-state index is 0.000602. The van der Waals surface area contributed by atoms with Gasteiger partial charge in [-0.1, -0.05) is 13.8 Å². The fraction of sp³-hybridized carbons (Fsp3) is 0.917. The van der Waals surface area contributed by atoms with Gasteiger partial charge in [-0.05, 0) is 33.0 Å². The average Bonchev–Trinajstić information content (AvgIpc) is 2.38. The van der Waals surface area contributed by atoms with Gasteiger partial charge >= 0.3 is 12.3 Å². The van der Waals surface area contributed by atoms with Crippen LogP contribution >= 0.6 is 0 Å². The van der Waals surface area contributed by atoms with Crippen LogP contribution in [-0.4, -0.2) is 60.8 Å². The molecule has 0 heterocycles. The molecule has 3 nitrogen and oxygen atoms in total. The second-order valence-corrected chi connectivity index (χ2v) is 4.19. The highest BCUT2D eigenvalue weighted by atomic mass is 19.3. The highest BCUT2D eigenvalue weighted by Gasteiger charge is 2.50. The summed E-state index contributed by atoms with van der Waals surface area (Å²) in [6, 6.07) is 0. The molecule has 0 rings (SSSR count). The predicted molar refractivity (Wildman–Crippen MR) is 65.6 cm³/mol. The lowest BCUT2D eigenvalue weighted by Crippen LogP contribution is -2.48. The zero-order chi connectivity index (χ0) is 15.1. The number of carbonyl (C=O) groups excluding carboxylic acids is 1. The molecule has 0 fully saturated rings. The zero-order valence-electron chi connectivity index (χ0n) is 11.6. The lowest BCUT2D eigenvalue weighted by atomic mass is 10.2. The Labute approximate surface area is 111 Å². The van der Waals surface area contributed by atoms with Crippen molar-refractivity contribution in [2.75, 3.05) is 32.7 Å². The van der Waals surface area contributed by atoms with Crippen molar-refractivity contribution in [3.05, 3.63) is 0 Å². The first-order valence-electron chi connectivity index (χ1n) is 6.48. The molecule has 0 aliphatic carbocycles. The van der Waals surface area contributed by atoms with E-state index in [-0.39, 0.29) is 13.1 Å². The van der Waals surface area contributed by atoms with Crippen molar-refractivity contribution in [1.82, 2.24) is 9.80 Å². The Hall–Kier alpha value is -0.850. The van der Waals surface area contributed by atoms with Gasteiger partial charge in [-0.25, -0.2) is 8.78 Å². The molecule has 0 aromatic rings. The Morgan fingerprint density at radius 1 is 1.05 bits per heavy atom. The third-order valence-electron chi connectivity index (χ3n) is 3.02. The zero-order valence-corrected chi connectivity index (χ0v) is 11.6. The largest absolute Gasteiger partial charge is 0.383 e. The summed E-state index contributed by atoms with van der Waals surface area (Å²) in [5.41, 5.74) is 0.